The zero-order valence-corrected chi connectivity index (χ0v) is 14.3. The molecule has 0 unspecified atom stereocenters. The zero-order valence-electron chi connectivity index (χ0n) is 13.5. The van der Waals surface area contributed by atoms with Crippen LogP contribution in [0.3, 0.4) is 0 Å². The maximum atomic E-state index is 12.3. The smallest absolute Gasteiger partial charge is 0.269 e. The first-order chi connectivity index (χ1) is 11.4. The summed E-state index contributed by atoms with van der Waals surface area (Å²) in [6, 6.07) is 7.10. The van der Waals surface area contributed by atoms with Gasteiger partial charge >= 0.3 is 0 Å². The fraction of sp³-hybridized carbons (Fsp3) is 0.294. The van der Waals surface area contributed by atoms with Crippen molar-refractivity contribution in [1.29, 1.82) is 5.26 Å². The number of hydrogen-bond donors (Lipinski definition) is 1. The molecule has 24 heavy (non-hydrogen) atoms. The van der Waals surface area contributed by atoms with Crippen molar-refractivity contribution in [2.45, 2.75) is 26.8 Å². The van der Waals surface area contributed by atoms with E-state index in [1.165, 1.54) is 29.0 Å². The molecule has 0 spiro atoms. The van der Waals surface area contributed by atoms with Crippen molar-refractivity contribution < 1.29 is 9.59 Å². The van der Waals surface area contributed by atoms with Crippen LogP contribution in [0.4, 0.5) is 0 Å². The van der Waals surface area contributed by atoms with Crippen LogP contribution in [0.2, 0.25) is 0 Å². The van der Waals surface area contributed by atoms with E-state index in [2.05, 4.69) is 5.32 Å². The average Bonchev–Trinajstić information content (AvgIpc) is 2.99. The highest BCUT2D eigenvalue weighted by Crippen LogP contribution is 2.18. The molecule has 0 atom stereocenters. The molecule has 0 fully saturated rings. The van der Waals surface area contributed by atoms with E-state index in [0.29, 0.717) is 23.4 Å². The third kappa shape index (κ3) is 4.18. The van der Waals surface area contributed by atoms with Crippen LogP contribution in [0.25, 0.3) is 0 Å². The quantitative estimate of drug-likeness (QED) is 0.807. The van der Waals surface area contributed by atoms with Gasteiger partial charge in [0.05, 0.1) is 11.4 Å². The molecule has 1 amide bonds. The number of aryl methyl sites for hydroxylation is 1. The maximum absolute atomic E-state index is 12.3. The minimum Gasteiger partial charge on any atom is -0.356 e. The van der Waals surface area contributed by atoms with Gasteiger partial charge in [-0.05, 0) is 37.1 Å². The number of carbonyl (C=O) groups excluding carboxylic acids is 2. The second-order valence-corrected chi connectivity index (χ2v) is 6.51. The topological polar surface area (TPSA) is 92.0 Å². The molecule has 0 aliphatic rings. The Morgan fingerprint density at radius 3 is 2.75 bits per heavy atom. The van der Waals surface area contributed by atoms with Crippen LogP contribution in [0.1, 0.15) is 32.6 Å². The number of carbonyl (C=O) groups is 2. The van der Waals surface area contributed by atoms with Gasteiger partial charge in [0.25, 0.3) is 5.56 Å². The Bertz CT molecular complexity index is 874. The number of hydrogen-bond acceptors (Lipinski definition) is 5. The van der Waals surface area contributed by atoms with Crippen molar-refractivity contribution in [2.75, 3.05) is 6.54 Å². The van der Waals surface area contributed by atoms with Crippen molar-refractivity contribution in [3.8, 4) is 6.07 Å². The number of nitrogens with zero attached hydrogens (tertiary/aromatic N) is 2. The first-order valence-corrected chi connectivity index (χ1v) is 8.20. The van der Waals surface area contributed by atoms with E-state index in [0.717, 1.165) is 4.88 Å². The number of rotatable bonds is 6. The molecule has 2 rings (SSSR count). The van der Waals surface area contributed by atoms with Gasteiger partial charge in [0, 0.05) is 24.5 Å². The summed E-state index contributed by atoms with van der Waals surface area (Å²) in [5.41, 5.74) is 0.211. The molecular weight excluding hydrogens is 326 g/mol. The lowest BCUT2D eigenvalue weighted by atomic mass is 10.2. The lowest BCUT2D eigenvalue weighted by Gasteiger charge is -2.05. The minimum absolute atomic E-state index is 0.0625. The van der Waals surface area contributed by atoms with Crippen LogP contribution in [0.5, 0.6) is 0 Å². The summed E-state index contributed by atoms with van der Waals surface area (Å²) < 4.78 is 1.25. The van der Waals surface area contributed by atoms with Gasteiger partial charge in [0.1, 0.15) is 11.6 Å². The summed E-state index contributed by atoms with van der Waals surface area (Å²) in [7, 11) is 0. The van der Waals surface area contributed by atoms with E-state index in [9.17, 15) is 14.4 Å². The van der Waals surface area contributed by atoms with Crippen LogP contribution in [-0.4, -0.2) is 22.8 Å². The predicted molar refractivity (Wildman–Crippen MR) is 91.2 cm³/mol. The second-order valence-electron chi connectivity index (χ2n) is 5.34. The Balaban J connectivity index is 2.09. The summed E-state index contributed by atoms with van der Waals surface area (Å²) in [6.07, 6.45) is 2.18. The van der Waals surface area contributed by atoms with Crippen molar-refractivity contribution >= 4 is 23.0 Å². The van der Waals surface area contributed by atoms with Gasteiger partial charge in [-0.25, -0.2) is 0 Å². The van der Waals surface area contributed by atoms with Crippen molar-refractivity contribution in [2.24, 2.45) is 0 Å². The monoisotopic (exact) mass is 343 g/mol. The summed E-state index contributed by atoms with van der Waals surface area (Å²) in [6.45, 7) is 3.57. The lowest BCUT2D eigenvalue weighted by Crippen LogP contribution is -2.26. The first kappa shape index (κ1) is 17.6. The van der Waals surface area contributed by atoms with E-state index in [-0.39, 0.29) is 23.8 Å². The number of ketones is 1. The zero-order chi connectivity index (χ0) is 17.7. The highest BCUT2D eigenvalue weighted by molar-refractivity contribution is 7.14. The molecule has 0 aliphatic heterocycles. The SMILES string of the molecule is CC(=O)NCCc1ccc(C(=O)Cn2ccc(C)c(C#N)c2=O)s1. The molecule has 7 heteroatoms. The maximum Gasteiger partial charge on any atom is 0.269 e. The third-order valence-corrected chi connectivity index (χ3v) is 4.67. The van der Waals surface area contributed by atoms with Gasteiger partial charge in [0.2, 0.25) is 5.91 Å². The Morgan fingerprint density at radius 1 is 1.33 bits per heavy atom. The van der Waals surface area contributed by atoms with Gasteiger partial charge in [-0.3, -0.25) is 14.4 Å². The molecule has 0 radical (unpaired) electrons. The highest BCUT2D eigenvalue weighted by Gasteiger charge is 2.13. The van der Waals surface area contributed by atoms with E-state index >= 15 is 0 Å². The van der Waals surface area contributed by atoms with Crippen LogP contribution in [0, 0.1) is 18.3 Å². The van der Waals surface area contributed by atoms with Gasteiger partial charge in [0.15, 0.2) is 5.78 Å². The van der Waals surface area contributed by atoms with E-state index in [1.807, 2.05) is 12.1 Å². The Morgan fingerprint density at radius 2 is 2.08 bits per heavy atom. The highest BCUT2D eigenvalue weighted by atomic mass is 32.1. The number of pyridine rings is 1. The second kappa shape index (κ2) is 7.70. The van der Waals surface area contributed by atoms with Crippen LogP contribution in [0.15, 0.2) is 29.2 Å². The molecule has 2 aromatic rings. The molecule has 0 saturated carbocycles. The Hall–Kier alpha value is -2.72. The number of nitrogens with one attached hydrogen (secondary N) is 1. The molecule has 0 saturated heterocycles. The van der Waals surface area contributed by atoms with E-state index in [4.69, 9.17) is 5.26 Å². The van der Waals surface area contributed by atoms with Crippen molar-refractivity contribution in [1.82, 2.24) is 9.88 Å². The van der Waals surface area contributed by atoms with Gasteiger partial charge < -0.3 is 9.88 Å². The van der Waals surface area contributed by atoms with Gasteiger partial charge in [-0.1, -0.05) is 0 Å². The Labute approximate surface area is 143 Å². The number of thiophene rings is 1. The standard InChI is InChI=1S/C17H17N3O3S/c1-11-6-8-20(17(23)14(11)9-18)10-15(22)16-4-3-13(24-16)5-7-19-12(2)21/h3-4,6,8H,5,7,10H2,1-2H3,(H,19,21). The van der Waals surface area contributed by atoms with Crippen molar-refractivity contribution in [3.63, 3.8) is 0 Å². The van der Waals surface area contributed by atoms with E-state index in [1.54, 1.807) is 19.1 Å². The minimum atomic E-state index is -0.451. The summed E-state index contributed by atoms with van der Waals surface area (Å²) in [5, 5.41) is 11.7. The number of nitriles is 1. The van der Waals surface area contributed by atoms with Crippen molar-refractivity contribution in [3.05, 3.63) is 55.6 Å². The first-order valence-electron chi connectivity index (χ1n) is 7.39. The number of amides is 1. The van der Waals surface area contributed by atoms with Gasteiger partial charge in [-0.15, -0.1) is 11.3 Å². The van der Waals surface area contributed by atoms with Crippen LogP contribution in [-0.2, 0) is 17.8 Å². The fourth-order valence-corrected chi connectivity index (χ4v) is 3.12. The van der Waals surface area contributed by atoms with Crippen LogP contribution < -0.4 is 10.9 Å². The molecule has 0 bridgehead atoms. The molecule has 124 valence electrons. The van der Waals surface area contributed by atoms with E-state index < -0.39 is 5.56 Å². The summed E-state index contributed by atoms with van der Waals surface area (Å²) in [5.74, 6) is -0.268. The van der Waals surface area contributed by atoms with Gasteiger partial charge in [-0.2, -0.15) is 5.26 Å². The third-order valence-electron chi connectivity index (χ3n) is 3.48. The summed E-state index contributed by atoms with van der Waals surface area (Å²) >= 11 is 1.35. The fourth-order valence-electron chi connectivity index (χ4n) is 2.18. The van der Waals surface area contributed by atoms with Crippen LogP contribution >= 0.6 is 11.3 Å². The number of aromatic nitrogens is 1. The molecule has 2 aromatic heterocycles. The largest absolute Gasteiger partial charge is 0.356 e. The number of Topliss-reactive ketones (excluding diaryl/α,β-unsaturated/α-hetero) is 1. The molecule has 6 nitrogen and oxygen atoms in total. The average molecular weight is 343 g/mol. The summed E-state index contributed by atoms with van der Waals surface area (Å²) in [4.78, 5) is 36.9. The normalized spacial score (nSPS) is 10.2. The molecule has 1 N–H and O–H groups in total. The Kier molecular flexibility index (Phi) is 5.66. The predicted octanol–water partition coefficient (Wildman–Crippen LogP) is 1.65. The lowest BCUT2D eigenvalue weighted by molar-refractivity contribution is -0.118. The molecule has 0 aromatic carbocycles. The molecule has 0 aliphatic carbocycles. The molecule has 2 heterocycles. The molecular formula is C17H17N3O3S.